The molecule has 0 bridgehead atoms. The Morgan fingerprint density at radius 3 is 2.33 bits per heavy atom. The molecule has 11 heteroatoms. The molecule has 3 unspecified atom stereocenters. The Morgan fingerprint density at radius 2 is 1.62 bits per heavy atom. The van der Waals surface area contributed by atoms with Gasteiger partial charge in [0.2, 0.25) is 17.7 Å². The Balaban J connectivity index is 1.43. The van der Waals surface area contributed by atoms with E-state index in [1.54, 1.807) is 66.7 Å². The third-order valence-electron chi connectivity index (χ3n) is 6.77. The number of phenolic OH excluding ortho intramolecular Hbond substituents is 1. The van der Waals surface area contributed by atoms with Gasteiger partial charge in [-0.1, -0.05) is 71.1 Å². The fourth-order valence-corrected chi connectivity index (χ4v) is 7.94. The first-order chi connectivity index (χ1) is 18.8. The SMILES string of the molecule is O=C(Cn1c2c(sc1=O)C(c1ccccc1O)C1C(=O)N(c3ccc(Cl)cc3)C(=O)C1S2)Nc1ccccc1. The van der Waals surface area contributed by atoms with E-state index in [2.05, 4.69) is 5.32 Å². The number of carbonyl (C=O) groups excluding carboxylic acids is 3. The Bertz CT molecular complexity index is 1670. The van der Waals surface area contributed by atoms with Crippen LogP contribution in [0.5, 0.6) is 5.75 Å². The second-order valence-electron chi connectivity index (χ2n) is 9.13. The number of thiazole rings is 1. The number of phenols is 1. The van der Waals surface area contributed by atoms with Gasteiger partial charge in [-0.05, 0) is 42.5 Å². The monoisotopic (exact) mass is 577 g/mol. The van der Waals surface area contributed by atoms with E-state index in [0.717, 1.165) is 28.0 Å². The van der Waals surface area contributed by atoms with E-state index in [1.165, 1.54) is 10.6 Å². The fraction of sp³-hybridized carbons (Fsp3) is 0.143. The molecule has 196 valence electrons. The van der Waals surface area contributed by atoms with Crippen LogP contribution < -0.4 is 15.1 Å². The highest BCUT2D eigenvalue weighted by atomic mass is 35.5. The lowest BCUT2D eigenvalue weighted by Crippen LogP contribution is -2.33. The molecule has 1 aromatic heterocycles. The summed E-state index contributed by atoms with van der Waals surface area (Å²) in [7, 11) is 0. The number of rotatable bonds is 5. The fourth-order valence-electron chi connectivity index (χ4n) is 5.05. The van der Waals surface area contributed by atoms with Gasteiger partial charge in [-0.2, -0.15) is 0 Å². The minimum absolute atomic E-state index is 0.0430. The highest BCUT2D eigenvalue weighted by Crippen LogP contribution is 2.55. The summed E-state index contributed by atoms with van der Waals surface area (Å²) in [6.45, 7) is -0.263. The van der Waals surface area contributed by atoms with Gasteiger partial charge in [0.25, 0.3) is 0 Å². The van der Waals surface area contributed by atoms with Gasteiger partial charge < -0.3 is 10.4 Å². The van der Waals surface area contributed by atoms with Crippen LogP contribution in [-0.2, 0) is 20.9 Å². The van der Waals surface area contributed by atoms with Gasteiger partial charge in [0.1, 0.15) is 17.5 Å². The summed E-state index contributed by atoms with van der Waals surface area (Å²) >= 11 is 8.06. The van der Waals surface area contributed by atoms with E-state index in [-0.39, 0.29) is 17.2 Å². The first-order valence-electron chi connectivity index (χ1n) is 12.0. The minimum Gasteiger partial charge on any atom is -0.508 e. The first-order valence-corrected chi connectivity index (χ1v) is 14.1. The predicted octanol–water partition coefficient (Wildman–Crippen LogP) is 4.70. The van der Waals surface area contributed by atoms with E-state index in [9.17, 15) is 24.3 Å². The van der Waals surface area contributed by atoms with Gasteiger partial charge in [0.15, 0.2) is 0 Å². The van der Waals surface area contributed by atoms with Gasteiger partial charge in [0, 0.05) is 27.1 Å². The zero-order valence-corrected chi connectivity index (χ0v) is 22.5. The Hall–Kier alpha value is -3.86. The topological polar surface area (TPSA) is 109 Å². The summed E-state index contributed by atoms with van der Waals surface area (Å²) in [5.74, 6) is -2.91. The quantitative estimate of drug-likeness (QED) is 0.333. The number of nitrogens with one attached hydrogen (secondary N) is 1. The van der Waals surface area contributed by atoms with Gasteiger partial charge in [-0.15, -0.1) is 0 Å². The number of amides is 3. The molecule has 39 heavy (non-hydrogen) atoms. The average Bonchev–Trinajstić information content (AvgIpc) is 3.36. The van der Waals surface area contributed by atoms with Gasteiger partial charge in [0.05, 0.1) is 16.6 Å². The maximum atomic E-state index is 13.8. The molecule has 8 nitrogen and oxygen atoms in total. The van der Waals surface area contributed by atoms with Crippen molar-refractivity contribution in [1.29, 1.82) is 0 Å². The number of aromatic nitrogens is 1. The van der Waals surface area contributed by atoms with Gasteiger partial charge in [-0.25, -0.2) is 4.90 Å². The number of hydrogen-bond donors (Lipinski definition) is 2. The number of benzene rings is 3. The number of nitrogens with zero attached hydrogens (tertiary/aromatic N) is 2. The maximum Gasteiger partial charge on any atom is 0.308 e. The van der Waals surface area contributed by atoms with Crippen molar-refractivity contribution >= 4 is 63.8 Å². The van der Waals surface area contributed by atoms with Crippen molar-refractivity contribution in [3.8, 4) is 5.75 Å². The van der Waals surface area contributed by atoms with E-state index >= 15 is 0 Å². The summed E-state index contributed by atoms with van der Waals surface area (Å²) in [5.41, 5.74) is 1.42. The molecule has 3 aromatic carbocycles. The van der Waals surface area contributed by atoms with Gasteiger partial charge in [-0.3, -0.25) is 23.7 Å². The van der Waals surface area contributed by atoms with Crippen molar-refractivity contribution in [2.75, 3.05) is 10.2 Å². The highest BCUT2D eigenvalue weighted by Gasteiger charge is 2.57. The number of anilines is 2. The van der Waals surface area contributed by atoms with Gasteiger partial charge >= 0.3 is 4.87 Å². The molecule has 4 aromatic rings. The number of imide groups is 1. The van der Waals surface area contributed by atoms with E-state index in [1.807, 2.05) is 6.07 Å². The molecule has 1 saturated heterocycles. The molecule has 2 aliphatic heterocycles. The summed E-state index contributed by atoms with van der Waals surface area (Å²) in [6.07, 6.45) is 0. The third kappa shape index (κ3) is 4.44. The first kappa shape index (κ1) is 25.4. The molecule has 0 spiro atoms. The number of carbonyl (C=O) groups is 3. The second-order valence-corrected chi connectivity index (χ2v) is 11.7. The molecular formula is C28H20ClN3O5S2. The lowest BCUT2D eigenvalue weighted by Gasteiger charge is -2.31. The number of fused-ring (bicyclic) bond motifs is 2. The molecule has 2 N–H and O–H groups in total. The minimum atomic E-state index is -0.859. The van der Waals surface area contributed by atoms with Crippen LogP contribution >= 0.6 is 34.7 Å². The average molecular weight is 578 g/mol. The molecule has 6 rings (SSSR count). The second kappa shape index (κ2) is 10.0. The Morgan fingerprint density at radius 1 is 0.923 bits per heavy atom. The molecule has 0 radical (unpaired) electrons. The third-order valence-corrected chi connectivity index (χ3v) is 9.62. The number of aromatic hydroxyl groups is 1. The zero-order chi connectivity index (χ0) is 27.3. The number of para-hydroxylation sites is 2. The maximum absolute atomic E-state index is 13.8. The van der Waals surface area contributed by atoms with Crippen molar-refractivity contribution < 1.29 is 19.5 Å². The molecule has 2 aliphatic rings. The summed E-state index contributed by atoms with van der Waals surface area (Å²) < 4.78 is 1.34. The van der Waals surface area contributed by atoms with E-state index in [0.29, 0.717) is 31.9 Å². The van der Waals surface area contributed by atoms with Crippen LogP contribution in [0, 0.1) is 5.92 Å². The summed E-state index contributed by atoms with van der Waals surface area (Å²) in [4.78, 5) is 54.9. The van der Waals surface area contributed by atoms with Crippen molar-refractivity contribution in [3.05, 3.63) is 104 Å². The van der Waals surface area contributed by atoms with Crippen LogP contribution in [0.25, 0.3) is 0 Å². The van der Waals surface area contributed by atoms with E-state index < -0.39 is 34.8 Å². The smallest absolute Gasteiger partial charge is 0.308 e. The molecule has 0 aliphatic carbocycles. The van der Waals surface area contributed by atoms with Crippen molar-refractivity contribution in [2.24, 2.45) is 5.92 Å². The van der Waals surface area contributed by atoms with Crippen LogP contribution in [0.2, 0.25) is 5.02 Å². The lowest BCUT2D eigenvalue weighted by molar-refractivity contribution is -0.122. The number of hydrogen-bond acceptors (Lipinski definition) is 7. The Labute approximate surface area is 235 Å². The number of halogens is 1. The standard InChI is InChI=1S/C28H20ClN3O5S2/c29-15-10-12-17(13-11-15)32-25(35)22-21(18-8-4-5-9-19(18)33)24-27(38-23(22)26(32)36)31(28(37)39-24)14-20(34)30-16-6-2-1-3-7-16/h1-13,21-23,33H,14H2,(H,30,34). The zero-order valence-electron chi connectivity index (χ0n) is 20.1. The largest absolute Gasteiger partial charge is 0.508 e. The number of thioether (sulfide) groups is 1. The van der Waals surface area contributed by atoms with Crippen molar-refractivity contribution in [1.82, 2.24) is 4.57 Å². The summed E-state index contributed by atoms with van der Waals surface area (Å²) in [5, 5.41) is 13.6. The van der Waals surface area contributed by atoms with Crippen LogP contribution in [0.15, 0.2) is 88.7 Å². The predicted molar refractivity (Wildman–Crippen MR) is 151 cm³/mol. The van der Waals surface area contributed by atoms with Crippen LogP contribution in [0.1, 0.15) is 16.4 Å². The molecule has 3 amide bonds. The Kier molecular flexibility index (Phi) is 6.54. The lowest BCUT2D eigenvalue weighted by atomic mass is 9.82. The molecular weight excluding hydrogens is 558 g/mol. The van der Waals surface area contributed by atoms with Crippen molar-refractivity contribution in [2.45, 2.75) is 22.7 Å². The van der Waals surface area contributed by atoms with Crippen LogP contribution in [0.4, 0.5) is 11.4 Å². The molecule has 3 heterocycles. The molecule has 1 fully saturated rings. The highest BCUT2D eigenvalue weighted by molar-refractivity contribution is 8.00. The molecule has 0 saturated carbocycles. The molecule has 3 atom stereocenters. The van der Waals surface area contributed by atoms with Crippen LogP contribution in [0.3, 0.4) is 0 Å². The summed E-state index contributed by atoms with van der Waals surface area (Å²) in [6, 6.07) is 21.9. The van der Waals surface area contributed by atoms with E-state index in [4.69, 9.17) is 11.6 Å². The van der Waals surface area contributed by atoms with Crippen molar-refractivity contribution in [3.63, 3.8) is 0 Å². The normalized spacial score (nSPS) is 20.0. The van der Waals surface area contributed by atoms with Crippen LogP contribution in [-0.4, -0.2) is 32.6 Å².